The van der Waals surface area contributed by atoms with Crippen LogP contribution in [0.2, 0.25) is 0 Å². The maximum Gasteiger partial charge on any atom is 0.0740 e. The molecule has 0 saturated heterocycles. The topological polar surface area (TPSA) is 38.4 Å². The molecular formula is C8H14N2. The van der Waals surface area contributed by atoms with Crippen LogP contribution in [0.3, 0.4) is 0 Å². The SMILES string of the molecule is CC1=CC=NC(C)(C)C1N. The van der Waals surface area contributed by atoms with E-state index in [0.29, 0.717) is 0 Å². The maximum absolute atomic E-state index is 5.87. The fourth-order valence-electron chi connectivity index (χ4n) is 1.09. The number of aliphatic imine (C=N–C) groups is 1. The molecule has 0 spiro atoms. The van der Waals surface area contributed by atoms with Crippen LogP contribution >= 0.6 is 0 Å². The van der Waals surface area contributed by atoms with E-state index in [-0.39, 0.29) is 11.6 Å². The molecule has 10 heavy (non-hydrogen) atoms. The molecule has 0 aliphatic carbocycles. The molecule has 56 valence electrons. The molecule has 2 nitrogen and oxygen atoms in total. The number of dihydropyridines is 1. The normalized spacial score (nSPS) is 30.0. The fourth-order valence-corrected chi connectivity index (χ4v) is 1.09. The quantitative estimate of drug-likeness (QED) is 0.535. The van der Waals surface area contributed by atoms with Crippen LogP contribution in [0.1, 0.15) is 20.8 Å². The van der Waals surface area contributed by atoms with Crippen molar-refractivity contribution in [2.75, 3.05) is 0 Å². The van der Waals surface area contributed by atoms with E-state index in [0.717, 1.165) is 0 Å². The first-order chi connectivity index (χ1) is 4.54. The van der Waals surface area contributed by atoms with Crippen LogP contribution < -0.4 is 5.73 Å². The Labute approximate surface area is 61.8 Å². The highest BCUT2D eigenvalue weighted by Gasteiger charge is 2.27. The minimum atomic E-state index is -0.112. The summed E-state index contributed by atoms with van der Waals surface area (Å²) in [4.78, 5) is 4.27. The van der Waals surface area contributed by atoms with Gasteiger partial charge in [0.25, 0.3) is 0 Å². The van der Waals surface area contributed by atoms with Gasteiger partial charge in [0.05, 0.1) is 11.6 Å². The van der Waals surface area contributed by atoms with Crippen LogP contribution in [-0.2, 0) is 0 Å². The number of allylic oxidation sites excluding steroid dienone is 1. The summed E-state index contributed by atoms with van der Waals surface area (Å²) < 4.78 is 0. The Morgan fingerprint density at radius 1 is 1.60 bits per heavy atom. The molecule has 1 heterocycles. The smallest absolute Gasteiger partial charge is 0.0740 e. The van der Waals surface area contributed by atoms with Crippen molar-refractivity contribution < 1.29 is 0 Å². The zero-order chi connectivity index (χ0) is 7.78. The molecule has 0 bridgehead atoms. The monoisotopic (exact) mass is 138 g/mol. The van der Waals surface area contributed by atoms with Gasteiger partial charge < -0.3 is 5.73 Å². The summed E-state index contributed by atoms with van der Waals surface area (Å²) >= 11 is 0. The van der Waals surface area contributed by atoms with Crippen molar-refractivity contribution >= 4 is 6.21 Å². The van der Waals surface area contributed by atoms with Gasteiger partial charge in [0.2, 0.25) is 0 Å². The Morgan fingerprint density at radius 3 is 2.60 bits per heavy atom. The Hall–Kier alpha value is -0.630. The molecule has 0 saturated carbocycles. The first-order valence-corrected chi connectivity index (χ1v) is 3.51. The molecule has 1 aliphatic rings. The molecule has 1 unspecified atom stereocenters. The highest BCUT2D eigenvalue weighted by atomic mass is 14.9. The molecule has 0 aromatic heterocycles. The summed E-state index contributed by atoms with van der Waals surface area (Å²) in [7, 11) is 0. The van der Waals surface area contributed by atoms with E-state index >= 15 is 0 Å². The Morgan fingerprint density at radius 2 is 2.20 bits per heavy atom. The molecule has 1 atom stereocenters. The summed E-state index contributed by atoms with van der Waals surface area (Å²) in [6, 6.07) is 0.0810. The molecule has 2 heteroatoms. The van der Waals surface area contributed by atoms with Crippen LogP contribution in [-0.4, -0.2) is 17.8 Å². The van der Waals surface area contributed by atoms with Gasteiger partial charge in [-0.15, -0.1) is 0 Å². The van der Waals surface area contributed by atoms with E-state index in [1.807, 2.05) is 33.1 Å². The third-order valence-electron chi connectivity index (χ3n) is 2.00. The van der Waals surface area contributed by atoms with E-state index in [4.69, 9.17) is 5.73 Å². The van der Waals surface area contributed by atoms with Gasteiger partial charge in [-0.2, -0.15) is 0 Å². The van der Waals surface area contributed by atoms with E-state index in [9.17, 15) is 0 Å². The van der Waals surface area contributed by atoms with Crippen molar-refractivity contribution in [3.63, 3.8) is 0 Å². The summed E-state index contributed by atoms with van der Waals surface area (Å²) in [5, 5.41) is 0. The largest absolute Gasteiger partial charge is 0.322 e. The minimum Gasteiger partial charge on any atom is -0.322 e. The van der Waals surface area contributed by atoms with Crippen molar-refractivity contribution in [2.45, 2.75) is 32.4 Å². The second kappa shape index (κ2) is 2.20. The number of hydrogen-bond acceptors (Lipinski definition) is 2. The van der Waals surface area contributed by atoms with E-state index in [1.54, 1.807) is 0 Å². The molecule has 0 aromatic rings. The Kier molecular flexibility index (Phi) is 1.65. The molecule has 1 aliphatic heterocycles. The average Bonchev–Trinajstić information content (AvgIpc) is 1.83. The van der Waals surface area contributed by atoms with Crippen LogP contribution in [0, 0.1) is 0 Å². The van der Waals surface area contributed by atoms with Crippen molar-refractivity contribution in [3.05, 3.63) is 11.6 Å². The molecule has 2 N–H and O–H groups in total. The van der Waals surface area contributed by atoms with Gasteiger partial charge in [-0.05, 0) is 26.8 Å². The van der Waals surface area contributed by atoms with Crippen molar-refractivity contribution in [1.82, 2.24) is 0 Å². The van der Waals surface area contributed by atoms with Gasteiger partial charge in [-0.25, -0.2) is 0 Å². The lowest BCUT2D eigenvalue weighted by Crippen LogP contribution is -2.44. The molecule has 0 radical (unpaired) electrons. The standard InChI is InChI=1S/C8H14N2/c1-6-4-5-10-8(2,3)7(6)9/h4-5,7H,9H2,1-3H3. The molecule has 0 amide bonds. The first kappa shape index (κ1) is 7.48. The Balaban J connectivity index is 2.89. The molecular weight excluding hydrogens is 124 g/mol. The van der Waals surface area contributed by atoms with Gasteiger partial charge in [0.15, 0.2) is 0 Å². The first-order valence-electron chi connectivity index (χ1n) is 3.51. The lowest BCUT2D eigenvalue weighted by molar-refractivity contribution is 0.449. The van der Waals surface area contributed by atoms with Crippen molar-refractivity contribution in [1.29, 1.82) is 0 Å². The van der Waals surface area contributed by atoms with Crippen LogP contribution in [0.25, 0.3) is 0 Å². The van der Waals surface area contributed by atoms with E-state index in [2.05, 4.69) is 4.99 Å². The molecule has 0 aromatic carbocycles. The third kappa shape index (κ3) is 1.12. The van der Waals surface area contributed by atoms with Crippen LogP contribution in [0.4, 0.5) is 0 Å². The fraction of sp³-hybridized carbons (Fsp3) is 0.625. The molecule has 0 fully saturated rings. The number of nitrogens with two attached hydrogens (primary N) is 1. The van der Waals surface area contributed by atoms with E-state index < -0.39 is 0 Å². The van der Waals surface area contributed by atoms with Gasteiger partial charge in [-0.3, -0.25) is 4.99 Å². The predicted molar refractivity (Wildman–Crippen MR) is 44.3 cm³/mol. The second-order valence-corrected chi connectivity index (χ2v) is 3.32. The van der Waals surface area contributed by atoms with Crippen LogP contribution in [0.15, 0.2) is 16.6 Å². The summed E-state index contributed by atoms with van der Waals surface area (Å²) in [6.07, 6.45) is 3.80. The van der Waals surface area contributed by atoms with Crippen LogP contribution in [0.5, 0.6) is 0 Å². The average molecular weight is 138 g/mol. The highest BCUT2D eigenvalue weighted by molar-refractivity contribution is 5.74. The Bertz CT molecular complexity index is 189. The minimum absolute atomic E-state index is 0.0810. The lowest BCUT2D eigenvalue weighted by atomic mass is 9.89. The summed E-state index contributed by atoms with van der Waals surface area (Å²) in [5.41, 5.74) is 6.97. The predicted octanol–water partition coefficient (Wildman–Crippen LogP) is 1.12. The third-order valence-corrected chi connectivity index (χ3v) is 2.00. The summed E-state index contributed by atoms with van der Waals surface area (Å²) in [6.45, 7) is 6.13. The second-order valence-electron chi connectivity index (χ2n) is 3.32. The number of rotatable bonds is 0. The zero-order valence-corrected chi connectivity index (χ0v) is 6.76. The van der Waals surface area contributed by atoms with Gasteiger partial charge in [-0.1, -0.05) is 5.57 Å². The summed E-state index contributed by atoms with van der Waals surface area (Å²) in [5.74, 6) is 0. The van der Waals surface area contributed by atoms with Gasteiger partial charge in [0.1, 0.15) is 0 Å². The lowest BCUT2D eigenvalue weighted by Gasteiger charge is -2.30. The van der Waals surface area contributed by atoms with Crippen molar-refractivity contribution in [2.24, 2.45) is 10.7 Å². The van der Waals surface area contributed by atoms with Crippen molar-refractivity contribution in [3.8, 4) is 0 Å². The highest BCUT2D eigenvalue weighted by Crippen LogP contribution is 2.21. The molecule has 1 rings (SSSR count). The maximum atomic E-state index is 5.87. The number of nitrogens with zero attached hydrogens (tertiary/aromatic N) is 1. The zero-order valence-electron chi connectivity index (χ0n) is 6.76. The van der Waals surface area contributed by atoms with Gasteiger partial charge >= 0.3 is 0 Å². The van der Waals surface area contributed by atoms with E-state index in [1.165, 1.54) is 5.57 Å². The number of hydrogen-bond donors (Lipinski definition) is 1. The van der Waals surface area contributed by atoms with Gasteiger partial charge in [0, 0.05) is 6.21 Å².